The van der Waals surface area contributed by atoms with Crippen molar-refractivity contribution in [3.05, 3.63) is 30.3 Å². The molecule has 0 amide bonds. The van der Waals surface area contributed by atoms with Gasteiger partial charge in [0.15, 0.2) is 23.1 Å². The molecule has 0 aromatic carbocycles. The van der Waals surface area contributed by atoms with Gasteiger partial charge in [-0.1, -0.05) is 26.7 Å². The van der Waals surface area contributed by atoms with Gasteiger partial charge in [-0.15, -0.1) is 0 Å². The van der Waals surface area contributed by atoms with E-state index in [0.717, 1.165) is 23.9 Å². The smallest absolute Gasteiger partial charge is 0.306 e. The highest BCUT2D eigenvalue weighted by Crippen LogP contribution is 2.44. The number of nitrogens with two attached hydrogens (primary N) is 1. The number of halogens is 1. The second-order valence-electron chi connectivity index (χ2n) is 7.36. The summed E-state index contributed by atoms with van der Waals surface area (Å²) in [5.74, 6) is 0.150. The maximum absolute atomic E-state index is 13.0. The van der Waals surface area contributed by atoms with E-state index in [0.29, 0.717) is 23.1 Å². The fourth-order valence-electron chi connectivity index (χ4n) is 4.20. The van der Waals surface area contributed by atoms with Gasteiger partial charge in [0.25, 0.3) is 0 Å². The zero-order valence-electron chi connectivity index (χ0n) is 17.2. The summed E-state index contributed by atoms with van der Waals surface area (Å²) in [5, 5.41) is 16.4. The first-order chi connectivity index (χ1) is 14.5. The van der Waals surface area contributed by atoms with Crippen LogP contribution >= 0.6 is 0 Å². The highest BCUT2D eigenvalue weighted by atomic mass is 19.1. The lowest BCUT2D eigenvalue weighted by atomic mass is 9.65. The molecule has 3 fully saturated rings. The van der Waals surface area contributed by atoms with Crippen molar-refractivity contribution in [3.63, 3.8) is 0 Å². The van der Waals surface area contributed by atoms with Gasteiger partial charge in [-0.2, -0.15) is 5.10 Å². The molecular formula is C21H27FN6O2. The number of aromatic nitrogens is 5. The molecule has 3 saturated carbocycles. The number of nitrogens with one attached hydrogen (secondary N) is 1. The lowest BCUT2D eigenvalue weighted by Gasteiger charge is -2.40. The number of fused-ring (bicyclic) bond motifs is 4. The lowest BCUT2D eigenvalue weighted by molar-refractivity contribution is -0.147. The van der Waals surface area contributed by atoms with E-state index in [1.165, 1.54) is 25.7 Å². The van der Waals surface area contributed by atoms with Gasteiger partial charge in [0.1, 0.15) is 5.69 Å². The molecule has 3 heterocycles. The molecule has 3 aliphatic rings. The zero-order valence-corrected chi connectivity index (χ0v) is 17.2. The number of nitrogen functional groups attached to an aromatic ring is 1. The monoisotopic (exact) mass is 414 g/mol. The molecular weight excluding hydrogens is 387 g/mol. The highest BCUT2D eigenvalue weighted by molar-refractivity contribution is 5.88. The van der Waals surface area contributed by atoms with E-state index < -0.39 is 11.8 Å². The second-order valence-corrected chi connectivity index (χ2v) is 7.36. The van der Waals surface area contributed by atoms with Crippen LogP contribution in [0.4, 0.5) is 10.2 Å². The van der Waals surface area contributed by atoms with Crippen molar-refractivity contribution in [3.8, 4) is 11.5 Å². The van der Waals surface area contributed by atoms with Crippen molar-refractivity contribution >= 4 is 22.8 Å². The Hall–Kier alpha value is -3.10. The van der Waals surface area contributed by atoms with Crippen molar-refractivity contribution < 1.29 is 14.3 Å². The van der Waals surface area contributed by atoms with E-state index in [-0.39, 0.29) is 11.7 Å². The van der Waals surface area contributed by atoms with Crippen LogP contribution < -0.4 is 5.73 Å². The highest BCUT2D eigenvalue weighted by Gasteiger charge is 2.39. The molecule has 160 valence electrons. The summed E-state index contributed by atoms with van der Waals surface area (Å²) < 4.78 is 13.0. The Morgan fingerprint density at radius 1 is 1.23 bits per heavy atom. The summed E-state index contributed by atoms with van der Waals surface area (Å²) in [4.78, 5) is 22.5. The van der Waals surface area contributed by atoms with Gasteiger partial charge in [-0.3, -0.25) is 9.89 Å². The Balaban J connectivity index is 0.000000170. The van der Waals surface area contributed by atoms with Gasteiger partial charge in [-0.05, 0) is 43.2 Å². The molecule has 0 aliphatic heterocycles. The Morgan fingerprint density at radius 3 is 2.53 bits per heavy atom. The summed E-state index contributed by atoms with van der Waals surface area (Å²) in [6, 6.07) is 3.60. The summed E-state index contributed by atoms with van der Waals surface area (Å²) in [6.45, 7) is 4.00. The average molecular weight is 414 g/mol. The minimum atomic E-state index is -0.643. The summed E-state index contributed by atoms with van der Waals surface area (Å²) in [6.07, 6.45) is 8.53. The maximum Gasteiger partial charge on any atom is 0.306 e. The van der Waals surface area contributed by atoms with Crippen LogP contribution in [-0.2, 0) is 4.79 Å². The molecule has 4 N–H and O–H groups in total. The molecule has 0 saturated heterocycles. The van der Waals surface area contributed by atoms with Crippen molar-refractivity contribution in [2.24, 2.45) is 17.8 Å². The molecule has 3 aliphatic carbocycles. The third-order valence-electron chi connectivity index (χ3n) is 5.69. The van der Waals surface area contributed by atoms with Crippen molar-refractivity contribution in [1.29, 1.82) is 0 Å². The fourth-order valence-corrected chi connectivity index (χ4v) is 4.20. The number of aromatic amines is 1. The van der Waals surface area contributed by atoms with Crippen LogP contribution in [0.2, 0.25) is 0 Å². The zero-order chi connectivity index (χ0) is 21.7. The fraction of sp³-hybridized carbons (Fsp3) is 0.476. The first kappa shape index (κ1) is 21.6. The minimum Gasteiger partial charge on any atom is -0.481 e. The van der Waals surface area contributed by atoms with Crippen molar-refractivity contribution in [2.45, 2.75) is 46.0 Å². The molecule has 30 heavy (non-hydrogen) atoms. The number of aliphatic carboxylic acids is 1. The van der Waals surface area contributed by atoms with Crippen LogP contribution in [0, 0.1) is 23.6 Å². The largest absolute Gasteiger partial charge is 0.481 e. The number of anilines is 1. The normalized spacial score (nSPS) is 21.9. The number of carbonyl (C=O) groups is 1. The molecule has 3 aromatic rings. The number of hydrogen-bond donors (Lipinski definition) is 3. The van der Waals surface area contributed by atoms with Crippen LogP contribution in [0.1, 0.15) is 46.0 Å². The third kappa shape index (κ3) is 4.55. The van der Waals surface area contributed by atoms with Gasteiger partial charge in [0.05, 0.1) is 12.1 Å². The molecule has 2 bridgehead atoms. The van der Waals surface area contributed by atoms with E-state index in [1.54, 1.807) is 12.3 Å². The topological polar surface area (TPSA) is 131 Å². The molecule has 6 rings (SSSR count). The number of pyridine rings is 1. The molecule has 1 atom stereocenters. The van der Waals surface area contributed by atoms with Gasteiger partial charge < -0.3 is 10.8 Å². The molecule has 9 heteroatoms. The van der Waals surface area contributed by atoms with Crippen LogP contribution in [0.25, 0.3) is 22.6 Å². The molecule has 1 unspecified atom stereocenters. The van der Waals surface area contributed by atoms with Crippen molar-refractivity contribution in [2.75, 3.05) is 5.73 Å². The van der Waals surface area contributed by atoms with Gasteiger partial charge in [0, 0.05) is 11.6 Å². The Bertz CT molecular complexity index is 1000. The van der Waals surface area contributed by atoms with E-state index in [4.69, 9.17) is 10.8 Å². The van der Waals surface area contributed by atoms with Crippen LogP contribution in [-0.4, -0.2) is 36.2 Å². The first-order valence-electron chi connectivity index (χ1n) is 10.3. The standard InChI is InChI=1S/C10H7FN6.C9H14O2.C2H6/c11-6-4-14-10(15-8(6)12)7-5-2-1-3-13-9(5)17-16-7;10-9(11)8-5-6-1-3-7(8)4-2-6;1-2/h1-4H,(H2,12,14,15)(H,13,16,17);6-8H,1-5H2,(H,10,11);1-2H3. The summed E-state index contributed by atoms with van der Waals surface area (Å²) >= 11 is 0. The number of H-pyrrole nitrogens is 1. The number of rotatable bonds is 2. The number of nitrogens with zero attached hydrogens (tertiary/aromatic N) is 4. The summed E-state index contributed by atoms with van der Waals surface area (Å²) in [5.41, 5.74) is 6.51. The minimum absolute atomic E-state index is 0.00231. The van der Waals surface area contributed by atoms with Crippen molar-refractivity contribution in [1.82, 2.24) is 25.1 Å². The van der Waals surface area contributed by atoms with Crippen LogP contribution in [0.15, 0.2) is 24.5 Å². The van der Waals surface area contributed by atoms with Gasteiger partial charge in [0.2, 0.25) is 0 Å². The molecule has 0 radical (unpaired) electrons. The first-order valence-corrected chi connectivity index (χ1v) is 10.3. The Morgan fingerprint density at radius 2 is 1.97 bits per heavy atom. The predicted octanol–water partition coefficient (Wildman–Crippen LogP) is 4.06. The molecule has 8 nitrogen and oxygen atoms in total. The van der Waals surface area contributed by atoms with E-state index in [1.807, 2.05) is 19.9 Å². The second kappa shape index (κ2) is 9.60. The Labute approximate surface area is 174 Å². The number of hydrogen-bond acceptors (Lipinski definition) is 6. The number of carboxylic acid groups (broad SMARTS) is 1. The van der Waals surface area contributed by atoms with E-state index >= 15 is 0 Å². The quantitative estimate of drug-likeness (QED) is 0.576. The van der Waals surface area contributed by atoms with E-state index in [2.05, 4.69) is 25.1 Å². The molecule has 3 aromatic heterocycles. The SMILES string of the molecule is CC.Nc1nc(-c2[nH]nc3ncccc23)ncc1F.O=C(O)C1CC2CCC1CC2. The van der Waals surface area contributed by atoms with E-state index in [9.17, 15) is 9.18 Å². The van der Waals surface area contributed by atoms with Crippen LogP contribution in [0.3, 0.4) is 0 Å². The van der Waals surface area contributed by atoms with Gasteiger partial charge in [-0.25, -0.2) is 19.3 Å². The number of carboxylic acids is 1. The van der Waals surface area contributed by atoms with Crippen LogP contribution in [0.5, 0.6) is 0 Å². The average Bonchev–Trinajstić information content (AvgIpc) is 3.22. The van der Waals surface area contributed by atoms with Gasteiger partial charge >= 0.3 is 5.97 Å². The summed E-state index contributed by atoms with van der Waals surface area (Å²) in [7, 11) is 0. The Kier molecular flexibility index (Phi) is 6.91. The third-order valence-corrected chi connectivity index (χ3v) is 5.69. The lowest BCUT2D eigenvalue weighted by Crippen LogP contribution is -2.35. The maximum atomic E-state index is 13.0. The predicted molar refractivity (Wildman–Crippen MR) is 112 cm³/mol. The molecule has 0 spiro atoms.